The van der Waals surface area contributed by atoms with Crippen LogP contribution in [0.25, 0.3) is 0 Å². The number of fused-ring (bicyclic) bond motifs is 3. The van der Waals surface area contributed by atoms with Gasteiger partial charge in [0.05, 0.1) is 5.02 Å². The van der Waals surface area contributed by atoms with Crippen molar-refractivity contribution in [2.45, 2.75) is 55.2 Å². The molecule has 29 heavy (non-hydrogen) atoms. The van der Waals surface area contributed by atoms with E-state index in [1.807, 2.05) is 6.07 Å². The van der Waals surface area contributed by atoms with Gasteiger partial charge in [-0.15, -0.1) is 0 Å². The number of aliphatic hydroxyl groups is 1. The Morgan fingerprint density at radius 3 is 2.62 bits per heavy atom. The summed E-state index contributed by atoms with van der Waals surface area (Å²) >= 11 is 12.3. The molecule has 2 unspecified atom stereocenters. The first-order valence-corrected chi connectivity index (χ1v) is 10.7. The average molecular weight is 435 g/mol. The molecule has 0 bridgehead atoms. The Labute approximate surface area is 178 Å². The van der Waals surface area contributed by atoms with Crippen LogP contribution < -0.4 is 10.6 Å². The maximum Gasteiger partial charge on any atom is 0.237 e. The Balaban J connectivity index is 1.82. The van der Waals surface area contributed by atoms with Crippen molar-refractivity contribution in [1.82, 2.24) is 5.32 Å². The van der Waals surface area contributed by atoms with Crippen LogP contribution in [0, 0.1) is 5.82 Å². The van der Waals surface area contributed by atoms with E-state index in [1.54, 1.807) is 24.3 Å². The molecule has 152 valence electrons. The van der Waals surface area contributed by atoms with Gasteiger partial charge >= 0.3 is 0 Å². The van der Waals surface area contributed by atoms with Crippen molar-refractivity contribution < 1.29 is 14.3 Å². The summed E-state index contributed by atoms with van der Waals surface area (Å²) in [5.74, 6) is -1.64. The summed E-state index contributed by atoms with van der Waals surface area (Å²) in [5.41, 5.74) is -0.207. The summed E-state index contributed by atoms with van der Waals surface area (Å²) in [6, 6.07) is 10.0. The molecule has 5 rings (SSSR count). The van der Waals surface area contributed by atoms with Crippen molar-refractivity contribution in [3.05, 3.63) is 63.4 Å². The highest BCUT2D eigenvalue weighted by Gasteiger charge is 2.71. The van der Waals surface area contributed by atoms with Gasteiger partial charge < -0.3 is 10.4 Å². The van der Waals surface area contributed by atoms with Crippen LogP contribution in [0.2, 0.25) is 10.0 Å². The third kappa shape index (κ3) is 2.48. The lowest BCUT2D eigenvalue weighted by molar-refractivity contribution is -0.124. The predicted octanol–water partition coefficient (Wildman–Crippen LogP) is 4.73. The fourth-order valence-corrected chi connectivity index (χ4v) is 6.32. The van der Waals surface area contributed by atoms with Crippen molar-refractivity contribution in [1.29, 1.82) is 0 Å². The van der Waals surface area contributed by atoms with Crippen LogP contribution in [0.4, 0.5) is 10.1 Å². The third-order valence-electron chi connectivity index (χ3n) is 7.00. The minimum atomic E-state index is -1.15. The second kappa shape index (κ2) is 6.67. The molecule has 2 spiro atoms. The van der Waals surface area contributed by atoms with Gasteiger partial charge in [0.2, 0.25) is 5.91 Å². The largest absolute Gasteiger partial charge is 0.378 e. The number of aliphatic hydroxyl groups excluding tert-OH is 1. The first kappa shape index (κ1) is 19.3. The first-order chi connectivity index (χ1) is 13.9. The highest BCUT2D eigenvalue weighted by atomic mass is 35.5. The van der Waals surface area contributed by atoms with E-state index < -0.39 is 28.9 Å². The molecule has 2 aromatic carbocycles. The van der Waals surface area contributed by atoms with Crippen LogP contribution in [-0.2, 0) is 10.2 Å². The number of carbonyl (C=O) groups is 1. The minimum absolute atomic E-state index is 0.0239. The van der Waals surface area contributed by atoms with Gasteiger partial charge in [0.25, 0.3) is 0 Å². The van der Waals surface area contributed by atoms with E-state index in [-0.39, 0.29) is 16.5 Å². The van der Waals surface area contributed by atoms with E-state index >= 15 is 4.39 Å². The molecule has 1 saturated carbocycles. The normalized spacial score (nSPS) is 30.0. The zero-order chi connectivity index (χ0) is 20.4. The minimum Gasteiger partial charge on any atom is -0.378 e. The Morgan fingerprint density at radius 1 is 1.10 bits per heavy atom. The van der Waals surface area contributed by atoms with Crippen LogP contribution in [0.3, 0.4) is 0 Å². The van der Waals surface area contributed by atoms with Crippen molar-refractivity contribution in [3.63, 3.8) is 0 Å². The van der Waals surface area contributed by atoms with Crippen LogP contribution in [0.15, 0.2) is 36.4 Å². The maximum atomic E-state index is 15.2. The zero-order valence-corrected chi connectivity index (χ0v) is 17.2. The molecule has 4 nitrogen and oxygen atoms in total. The van der Waals surface area contributed by atoms with Crippen LogP contribution in [0.1, 0.15) is 49.1 Å². The summed E-state index contributed by atoms with van der Waals surface area (Å²) in [7, 11) is 0. The van der Waals surface area contributed by atoms with Gasteiger partial charge in [-0.25, -0.2) is 4.39 Å². The van der Waals surface area contributed by atoms with E-state index in [4.69, 9.17) is 23.2 Å². The van der Waals surface area contributed by atoms with Gasteiger partial charge in [-0.05, 0) is 42.2 Å². The molecule has 0 aromatic heterocycles. The lowest BCUT2D eigenvalue weighted by Crippen LogP contribution is -2.60. The number of halogens is 3. The second-order valence-corrected chi connectivity index (χ2v) is 9.15. The second-order valence-electron chi connectivity index (χ2n) is 8.30. The van der Waals surface area contributed by atoms with Crippen molar-refractivity contribution in [2.75, 3.05) is 5.32 Å². The number of rotatable bonds is 1. The molecule has 2 aromatic rings. The molecule has 2 aliphatic heterocycles. The monoisotopic (exact) mass is 434 g/mol. The Morgan fingerprint density at radius 2 is 1.86 bits per heavy atom. The lowest BCUT2D eigenvalue weighted by Gasteiger charge is -2.46. The molecule has 3 atom stereocenters. The molecule has 3 aliphatic rings. The Hall–Kier alpha value is -1.66. The highest BCUT2D eigenvalue weighted by Crippen LogP contribution is 2.62. The topological polar surface area (TPSA) is 61.4 Å². The van der Waals surface area contributed by atoms with Crippen molar-refractivity contribution in [2.24, 2.45) is 0 Å². The maximum absolute atomic E-state index is 15.2. The fourth-order valence-electron chi connectivity index (χ4n) is 5.96. The van der Waals surface area contributed by atoms with Crippen molar-refractivity contribution >= 4 is 34.8 Å². The molecule has 1 saturated heterocycles. The van der Waals surface area contributed by atoms with Crippen LogP contribution >= 0.6 is 23.2 Å². The summed E-state index contributed by atoms with van der Waals surface area (Å²) in [6.07, 6.45) is 3.29. The molecule has 2 fully saturated rings. The number of nitrogens with one attached hydrogen (secondary N) is 2. The molecule has 0 radical (unpaired) electrons. The van der Waals surface area contributed by atoms with Crippen molar-refractivity contribution in [3.8, 4) is 0 Å². The van der Waals surface area contributed by atoms with E-state index in [2.05, 4.69) is 10.6 Å². The van der Waals surface area contributed by atoms with E-state index in [9.17, 15) is 9.90 Å². The number of hydrogen-bond acceptors (Lipinski definition) is 3. The summed E-state index contributed by atoms with van der Waals surface area (Å²) < 4.78 is 15.2. The van der Waals surface area contributed by atoms with Gasteiger partial charge in [-0.3, -0.25) is 10.1 Å². The highest BCUT2D eigenvalue weighted by molar-refractivity contribution is 6.31. The summed E-state index contributed by atoms with van der Waals surface area (Å²) in [5, 5.41) is 18.0. The zero-order valence-electron chi connectivity index (χ0n) is 15.6. The molecule has 1 amide bonds. The van der Waals surface area contributed by atoms with E-state index in [1.165, 1.54) is 6.07 Å². The van der Waals surface area contributed by atoms with E-state index in [0.717, 1.165) is 37.7 Å². The van der Waals surface area contributed by atoms with Gasteiger partial charge in [-0.1, -0.05) is 60.7 Å². The number of carbonyl (C=O) groups excluding carboxylic acids is 1. The predicted molar refractivity (Wildman–Crippen MR) is 111 cm³/mol. The Kier molecular flexibility index (Phi) is 4.44. The smallest absolute Gasteiger partial charge is 0.237 e. The third-order valence-corrected chi connectivity index (χ3v) is 7.52. The molecule has 1 aliphatic carbocycles. The molecular formula is C22H21Cl2FN2O2. The standard InChI is InChI=1S/C22H21Cl2FN2O2/c23-12-7-8-14-16(11-12)26-20(29)22(14)17(13-5-4-6-15(24)18(13)25)19(28)27-21(22)9-2-1-3-10-21/h4-8,11,17,19,27-28H,1-3,9-10H2,(H,26,29)/t17?,19?,22-/m1/s1. The van der Waals surface area contributed by atoms with Gasteiger partial charge in [0.1, 0.15) is 17.5 Å². The lowest BCUT2D eigenvalue weighted by atomic mass is 9.56. The molecule has 2 heterocycles. The van der Waals surface area contributed by atoms with Gasteiger partial charge in [0, 0.05) is 22.2 Å². The molecular weight excluding hydrogens is 414 g/mol. The van der Waals surface area contributed by atoms with E-state index in [0.29, 0.717) is 10.7 Å². The summed E-state index contributed by atoms with van der Waals surface area (Å²) in [6.45, 7) is 0. The van der Waals surface area contributed by atoms with Crippen LogP contribution in [0.5, 0.6) is 0 Å². The van der Waals surface area contributed by atoms with Crippen LogP contribution in [-0.4, -0.2) is 22.8 Å². The average Bonchev–Trinajstić information content (AvgIpc) is 3.11. The number of benzene rings is 2. The quantitative estimate of drug-likeness (QED) is 0.607. The molecule has 3 N–H and O–H groups in total. The SMILES string of the molecule is O=C1Nc2cc(Cl)ccc2[C@@]12C(c1cccc(Cl)c1F)C(O)NC21CCCCC1. The van der Waals surface area contributed by atoms with Gasteiger partial charge in [-0.2, -0.15) is 0 Å². The first-order valence-electron chi connectivity index (χ1n) is 9.92. The number of amides is 1. The summed E-state index contributed by atoms with van der Waals surface area (Å²) in [4.78, 5) is 13.7. The Bertz CT molecular complexity index is 1010. The fraction of sp³-hybridized carbons (Fsp3) is 0.409. The number of hydrogen-bond donors (Lipinski definition) is 3. The van der Waals surface area contributed by atoms with Gasteiger partial charge in [0.15, 0.2) is 0 Å². The number of anilines is 1. The molecule has 7 heteroatoms.